The van der Waals surface area contributed by atoms with E-state index in [0.29, 0.717) is 5.69 Å². The fourth-order valence-corrected chi connectivity index (χ4v) is 2.31. The second-order valence-corrected chi connectivity index (χ2v) is 5.57. The molecule has 0 aliphatic carbocycles. The number of anilines is 3. The predicted molar refractivity (Wildman–Crippen MR) is 97.4 cm³/mol. The van der Waals surface area contributed by atoms with E-state index in [9.17, 15) is 18.4 Å². The molecule has 7 nitrogen and oxygen atoms in total. The van der Waals surface area contributed by atoms with Gasteiger partial charge in [0.05, 0.1) is 12.7 Å². The zero-order valence-electron chi connectivity index (χ0n) is 14.6. The standard InChI is InChI=1S/C19H14F2N4O3/c1-28-19(27)11-3-2-4-12(7-11)25-18(26)16-9-17(23-10-22-16)24-13-5-6-14(20)15(21)8-13/h2-10H,1H3,(H,25,26)(H,22,23,24). The Kier molecular flexibility index (Phi) is 5.54. The number of carbonyl (C=O) groups excluding carboxylic acids is 2. The minimum Gasteiger partial charge on any atom is -0.465 e. The number of benzene rings is 2. The van der Waals surface area contributed by atoms with Gasteiger partial charge in [0.15, 0.2) is 11.6 Å². The average molecular weight is 384 g/mol. The van der Waals surface area contributed by atoms with Crippen LogP contribution in [0.4, 0.5) is 26.0 Å². The van der Waals surface area contributed by atoms with E-state index in [1.807, 2.05) is 0 Å². The molecule has 0 bridgehead atoms. The highest BCUT2D eigenvalue weighted by molar-refractivity contribution is 6.04. The van der Waals surface area contributed by atoms with Gasteiger partial charge in [-0.15, -0.1) is 0 Å². The first-order valence-electron chi connectivity index (χ1n) is 8.00. The summed E-state index contributed by atoms with van der Waals surface area (Å²) in [5, 5.41) is 5.37. The Morgan fingerprint density at radius 2 is 1.79 bits per heavy atom. The van der Waals surface area contributed by atoms with Crippen LogP contribution in [-0.2, 0) is 4.74 Å². The van der Waals surface area contributed by atoms with Crippen LogP contribution in [0.25, 0.3) is 0 Å². The molecule has 0 aliphatic heterocycles. The van der Waals surface area contributed by atoms with E-state index < -0.39 is 23.5 Å². The molecule has 2 N–H and O–H groups in total. The number of esters is 1. The lowest BCUT2D eigenvalue weighted by Crippen LogP contribution is -2.15. The monoisotopic (exact) mass is 384 g/mol. The van der Waals surface area contributed by atoms with Crippen molar-refractivity contribution in [1.29, 1.82) is 0 Å². The minimum absolute atomic E-state index is 0.0311. The van der Waals surface area contributed by atoms with Crippen molar-refractivity contribution < 1.29 is 23.1 Å². The topological polar surface area (TPSA) is 93.2 Å². The minimum atomic E-state index is -1.01. The number of amides is 1. The summed E-state index contributed by atoms with van der Waals surface area (Å²) in [5.41, 5.74) is 0.948. The number of carbonyl (C=O) groups is 2. The van der Waals surface area contributed by atoms with E-state index >= 15 is 0 Å². The third-order valence-electron chi connectivity index (χ3n) is 3.63. The highest BCUT2D eigenvalue weighted by atomic mass is 19.2. The lowest BCUT2D eigenvalue weighted by molar-refractivity contribution is 0.0600. The van der Waals surface area contributed by atoms with Gasteiger partial charge >= 0.3 is 5.97 Å². The molecule has 28 heavy (non-hydrogen) atoms. The van der Waals surface area contributed by atoms with Crippen LogP contribution in [0.3, 0.4) is 0 Å². The molecular formula is C19H14F2N4O3. The van der Waals surface area contributed by atoms with Crippen LogP contribution in [0.15, 0.2) is 54.9 Å². The number of rotatable bonds is 5. The third kappa shape index (κ3) is 4.44. The summed E-state index contributed by atoms with van der Waals surface area (Å²) < 4.78 is 30.9. The number of ether oxygens (including phenoxy) is 1. The number of hydrogen-bond donors (Lipinski definition) is 2. The second kappa shape index (κ2) is 8.21. The second-order valence-electron chi connectivity index (χ2n) is 5.57. The first-order chi connectivity index (χ1) is 13.5. The van der Waals surface area contributed by atoms with Crippen molar-refractivity contribution in [3.63, 3.8) is 0 Å². The molecule has 2 aromatic carbocycles. The van der Waals surface area contributed by atoms with E-state index in [2.05, 4.69) is 25.3 Å². The van der Waals surface area contributed by atoms with Gasteiger partial charge in [0, 0.05) is 23.5 Å². The van der Waals surface area contributed by atoms with Crippen LogP contribution in [0.2, 0.25) is 0 Å². The molecular weight excluding hydrogens is 370 g/mol. The Labute approximate surface area is 158 Å². The average Bonchev–Trinajstić information content (AvgIpc) is 2.70. The van der Waals surface area contributed by atoms with Crippen LogP contribution in [0.5, 0.6) is 0 Å². The van der Waals surface area contributed by atoms with E-state index in [1.165, 1.54) is 25.3 Å². The number of nitrogens with zero attached hydrogens (tertiary/aromatic N) is 2. The zero-order valence-corrected chi connectivity index (χ0v) is 14.6. The normalized spacial score (nSPS) is 10.2. The summed E-state index contributed by atoms with van der Waals surface area (Å²) in [5.74, 6) is -2.84. The molecule has 0 radical (unpaired) electrons. The lowest BCUT2D eigenvalue weighted by Gasteiger charge is -2.09. The van der Waals surface area contributed by atoms with Crippen LogP contribution in [0, 0.1) is 11.6 Å². The largest absolute Gasteiger partial charge is 0.465 e. The Bertz CT molecular complexity index is 1040. The summed E-state index contributed by atoms with van der Waals surface area (Å²) in [6.45, 7) is 0. The molecule has 0 aliphatic rings. The molecule has 0 spiro atoms. The van der Waals surface area contributed by atoms with Gasteiger partial charge in [-0.2, -0.15) is 0 Å². The van der Waals surface area contributed by atoms with Crippen LogP contribution >= 0.6 is 0 Å². The number of aromatic nitrogens is 2. The van der Waals surface area contributed by atoms with Gasteiger partial charge < -0.3 is 15.4 Å². The highest BCUT2D eigenvalue weighted by Gasteiger charge is 2.12. The SMILES string of the molecule is COC(=O)c1cccc(NC(=O)c2cc(Nc3ccc(F)c(F)c3)ncn2)c1. The van der Waals surface area contributed by atoms with Crippen molar-refractivity contribution >= 4 is 29.1 Å². The van der Waals surface area contributed by atoms with E-state index in [4.69, 9.17) is 0 Å². The van der Waals surface area contributed by atoms with Crippen LogP contribution in [0.1, 0.15) is 20.8 Å². The summed E-state index contributed by atoms with van der Waals surface area (Å²) in [4.78, 5) is 31.8. The van der Waals surface area contributed by atoms with E-state index in [-0.39, 0.29) is 22.8 Å². The van der Waals surface area contributed by atoms with Gasteiger partial charge in [0.2, 0.25) is 0 Å². The van der Waals surface area contributed by atoms with Gasteiger partial charge in [-0.1, -0.05) is 6.07 Å². The molecule has 0 saturated carbocycles. The van der Waals surface area contributed by atoms with E-state index in [0.717, 1.165) is 18.5 Å². The summed E-state index contributed by atoms with van der Waals surface area (Å²) >= 11 is 0. The molecule has 0 unspecified atom stereocenters. The molecule has 3 rings (SSSR count). The van der Waals surface area contributed by atoms with Crippen molar-refractivity contribution in [2.45, 2.75) is 0 Å². The molecule has 142 valence electrons. The maximum atomic E-state index is 13.3. The molecule has 9 heteroatoms. The van der Waals surface area contributed by atoms with Crippen molar-refractivity contribution in [3.8, 4) is 0 Å². The Hall–Kier alpha value is -3.88. The summed E-state index contributed by atoms with van der Waals surface area (Å²) in [7, 11) is 1.26. The Morgan fingerprint density at radius 3 is 2.54 bits per heavy atom. The predicted octanol–water partition coefficient (Wildman–Crippen LogP) is 3.54. The van der Waals surface area contributed by atoms with Crippen molar-refractivity contribution in [1.82, 2.24) is 9.97 Å². The zero-order chi connectivity index (χ0) is 20.1. The molecule has 1 heterocycles. The van der Waals surface area contributed by atoms with Gasteiger partial charge in [-0.25, -0.2) is 23.5 Å². The number of nitrogens with one attached hydrogen (secondary N) is 2. The molecule has 0 atom stereocenters. The van der Waals surface area contributed by atoms with Crippen LogP contribution < -0.4 is 10.6 Å². The van der Waals surface area contributed by atoms with Crippen molar-refractivity contribution in [2.24, 2.45) is 0 Å². The fraction of sp³-hybridized carbons (Fsp3) is 0.0526. The smallest absolute Gasteiger partial charge is 0.337 e. The van der Waals surface area contributed by atoms with Crippen LogP contribution in [-0.4, -0.2) is 29.0 Å². The van der Waals surface area contributed by atoms with Crippen molar-refractivity contribution in [3.05, 3.63) is 77.8 Å². The van der Waals surface area contributed by atoms with Gasteiger partial charge in [0.25, 0.3) is 5.91 Å². The maximum absolute atomic E-state index is 13.3. The quantitative estimate of drug-likeness (QED) is 0.654. The summed E-state index contributed by atoms with van der Waals surface area (Å²) in [6.07, 6.45) is 1.15. The maximum Gasteiger partial charge on any atom is 0.337 e. The molecule has 1 amide bonds. The number of hydrogen-bond acceptors (Lipinski definition) is 6. The van der Waals surface area contributed by atoms with Gasteiger partial charge in [-0.05, 0) is 30.3 Å². The number of methoxy groups -OCH3 is 1. The molecule has 0 saturated heterocycles. The molecule has 3 aromatic rings. The van der Waals surface area contributed by atoms with Gasteiger partial charge in [0.1, 0.15) is 17.8 Å². The third-order valence-corrected chi connectivity index (χ3v) is 3.63. The van der Waals surface area contributed by atoms with Crippen molar-refractivity contribution in [2.75, 3.05) is 17.7 Å². The van der Waals surface area contributed by atoms with Gasteiger partial charge in [-0.3, -0.25) is 4.79 Å². The van der Waals surface area contributed by atoms with E-state index in [1.54, 1.807) is 18.2 Å². The first kappa shape index (κ1) is 18.9. The Morgan fingerprint density at radius 1 is 0.964 bits per heavy atom. The Balaban J connectivity index is 1.75. The molecule has 0 fully saturated rings. The molecule has 1 aromatic heterocycles. The highest BCUT2D eigenvalue weighted by Crippen LogP contribution is 2.18. The fourth-order valence-electron chi connectivity index (χ4n) is 2.31. The summed E-state index contributed by atoms with van der Waals surface area (Å²) in [6, 6.07) is 10.8. The number of halogens is 2. The lowest BCUT2D eigenvalue weighted by atomic mass is 10.2. The first-order valence-corrected chi connectivity index (χ1v) is 8.00.